The lowest BCUT2D eigenvalue weighted by Crippen LogP contribution is -2.11. The molecule has 1 aromatic heterocycles. The molecule has 3 rings (SSSR count). The van der Waals surface area contributed by atoms with Crippen molar-refractivity contribution in [2.75, 3.05) is 11.1 Å². The third kappa shape index (κ3) is 2.75. The molecule has 1 amide bonds. The Hall–Kier alpha value is -1.67. The van der Waals surface area contributed by atoms with E-state index >= 15 is 0 Å². The number of nitrogens with one attached hydrogen (secondary N) is 1. The highest BCUT2D eigenvalue weighted by molar-refractivity contribution is 14.1. The van der Waals surface area contributed by atoms with Crippen LogP contribution in [0.1, 0.15) is 10.4 Å². The number of nitrogens with zero attached hydrogens (tertiary/aromatic N) is 1. The van der Waals surface area contributed by atoms with Crippen molar-refractivity contribution in [2.45, 2.75) is 0 Å². The summed E-state index contributed by atoms with van der Waals surface area (Å²) in [5.74, 6) is -0.139. The number of thiazole rings is 1. The quantitative estimate of drug-likeness (QED) is 0.650. The van der Waals surface area contributed by atoms with Gasteiger partial charge in [-0.25, -0.2) is 4.98 Å². The fraction of sp³-hybridized carbons (Fsp3) is 0. The van der Waals surface area contributed by atoms with Gasteiger partial charge in [0.2, 0.25) is 0 Å². The summed E-state index contributed by atoms with van der Waals surface area (Å²) in [6.07, 6.45) is 0. The van der Waals surface area contributed by atoms with Gasteiger partial charge in [0.1, 0.15) is 0 Å². The van der Waals surface area contributed by atoms with Gasteiger partial charge in [0.05, 0.1) is 10.2 Å². The van der Waals surface area contributed by atoms with Crippen LogP contribution in [-0.4, -0.2) is 10.9 Å². The van der Waals surface area contributed by atoms with Crippen LogP contribution in [0.3, 0.4) is 0 Å². The number of halogens is 1. The summed E-state index contributed by atoms with van der Waals surface area (Å²) in [4.78, 5) is 16.4. The van der Waals surface area contributed by atoms with Gasteiger partial charge in [-0.05, 0) is 65.1 Å². The molecule has 0 spiro atoms. The van der Waals surface area contributed by atoms with E-state index < -0.39 is 0 Å². The zero-order chi connectivity index (χ0) is 14.1. The lowest BCUT2D eigenvalue weighted by molar-refractivity contribution is 0.102. The van der Waals surface area contributed by atoms with Crippen LogP contribution in [0.25, 0.3) is 10.2 Å². The van der Waals surface area contributed by atoms with Crippen LogP contribution in [0.4, 0.5) is 10.8 Å². The van der Waals surface area contributed by atoms with E-state index in [-0.39, 0.29) is 5.91 Å². The zero-order valence-corrected chi connectivity index (χ0v) is 13.2. The third-order valence-electron chi connectivity index (χ3n) is 2.77. The van der Waals surface area contributed by atoms with Gasteiger partial charge in [-0.2, -0.15) is 0 Å². The standard InChI is InChI=1S/C14H10IN3OS/c15-9-2-4-10(5-3-9)17-13(19)8-1-6-11-12(7-8)20-14(16)18-11/h1-7H,(H2,16,18)(H,17,19). The first-order chi connectivity index (χ1) is 9.61. The van der Waals surface area contributed by atoms with Crippen LogP contribution in [0, 0.1) is 3.57 Å². The first-order valence-electron chi connectivity index (χ1n) is 5.85. The lowest BCUT2D eigenvalue weighted by atomic mass is 10.2. The van der Waals surface area contributed by atoms with Crippen LogP contribution >= 0.6 is 33.9 Å². The molecule has 0 aliphatic heterocycles. The van der Waals surface area contributed by atoms with Crippen molar-refractivity contribution in [1.29, 1.82) is 0 Å². The van der Waals surface area contributed by atoms with E-state index in [1.807, 2.05) is 36.4 Å². The molecule has 2 aromatic carbocycles. The molecular formula is C14H10IN3OS. The lowest BCUT2D eigenvalue weighted by Gasteiger charge is -2.05. The molecule has 0 fully saturated rings. The SMILES string of the molecule is Nc1nc2ccc(C(=O)Nc3ccc(I)cc3)cc2s1. The predicted molar refractivity (Wildman–Crippen MR) is 91.1 cm³/mol. The minimum Gasteiger partial charge on any atom is -0.375 e. The Morgan fingerprint density at radius 1 is 1.20 bits per heavy atom. The van der Waals surface area contributed by atoms with Crippen molar-refractivity contribution in [1.82, 2.24) is 4.98 Å². The second-order valence-corrected chi connectivity index (χ2v) is 6.50. The van der Waals surface area contributed by atoms with Crippen LogP contribution in [0.15, 0.2) is 42.5 Å². The van der Waals surface area contributed by atoms with Gasteiger partial charge in [0, 0.05) is 14.8 Å². The van der Waals surface area contributed by atoms with E-state index in [4.69, 9.17) is 5.73 Å². The summed E-state index contributed by atoms with van der Waals surface area (Å²) in [5, 5.41) is 3.38. The number of benzene rings is 2. The van der Waals surface area contributed by atoms with Crippen LogP contribution in [0.2, 0.25) is 0 Å². The average Bonchev–Trinajstić information content (AvgIpc) is 2.80. The number of nitrogen functional groups attached to an aromatic ring is 1. The monoisotopic (exact) mass is 395 g/mol. The summed E-state index contributed by atoms with van der Waals surface area (Å²) in [6.45, 7) is 0. The van der Waals surface area contributed by atoms with Crippen LogP contribution in [-0.2, 0) is 0 Å². The number of nitrogens with two attached hydrogens (primary N) is 1. The minimum absolute atomic E-state index is 0.139. The van der Waals surface area contributed by atoms with E-state index in [1.54, 1.807) is 6.07 Å². The van der Waals surface area contributed by atoms with Gasteiger partial charge in [0.25, 0.3) is 5.91 Å². The number of amides is 1. The smallest absolute Gasteiger partial charge is 0.255 e. The Balaban J connectivity index is 1.86. The molecule has 0 radical (unpaired) electrons. The van der Waals surface area contributed by atoms with E-state index in [0.29, 0.717) is 10.7 Å². The van der Waals surface area contributed by atoms with Gasteiger partial charge in [-0.1, -0.05) is 11.3 Å². The average molecular weight is 395 g/mol. The van der Waals surface area contributed by atoms with Crippen molar-refractivity contribution in [3.63, 3.8) is 0 Å². The second kappa shape index (κ2) is 5.37. The van der Waals surface area contributed by atoms with Crippen LogP contribution < -0.4 is 11.1 Å². The number of hydrogen-bond acceptors (Lipinski definition) is 4. The molecule has 3 aromatic rings. The number of aromatic nitrogens is 1. The number of hydrogen-bond donors (Lipinski definition) is 2. The first kappa shape index (κ1) is 13.3. The molecule has 0 bridgehead atoms. The van der Waals surface area contributed by atoms with Gasteiger partial charge < -0.3 is 11.1 Å². The Bertz CT molecular complexity index is 783. The van der Waals surface area contributed by atoms with E-state index in [9.17, 15) is 4.79 Å². The van der Waals surface area contributed by atoms with E-state index in [1.165, 1.54) is 11.3 Å². The van der Waals surface area contributed by atoms with Crippen molar-refractivity contribution in [3.8, 4) is 0 Å². The Morgan fingerprint density at radius 2 is 1.95 bits per heavy atom. The second-order valence-electron chi connectivity index (χ2n) is 4.20. The van der Waals surface area contributed by atoms with E-state index in [0.717, 1.165) is 19.5 Å². The molecule has 100 valence electrons. The van der Waals surface area contributed by atoms with Crippen molar-refractivity contribution in [3.05, 3.63) is 51.6 Å². The molecular weight excluding hydrogens is 385 g/mol. The number of fused-ring (bicyclic) bond motifs is 1. The summed E-state index contributed by atoms with van der Waals surface area (Å²) in [5.41, 5.74) is 7.85. The van der Waals surface area contributed by atoms with Crippen molar-refractivity contribution in [2.24, 2.45) is 0 Å². The molecule has 1 heterocycles. The molecule has 3 N–H and O–H groups in total. The Morgan fingerprint density at radius 3 is 2.70 bits per heavy atom. The first-order valence-corrected chi connectivity index (χ1v) is 7.74. The van der Waals surface area contributed by atoms with E-state index in [2.05, 4.69) is 32.9 Å². The van der Waals surface area contributed by atoms with Gasteiger partial charge >= 0.3 is 0 Å². The maximum absolute atomic E-state index is 12.2. The number of rotatable bonds is 2. The van der Waals surface area contributed by atoms with Crippen molar-refractivity contribution < 1.29 is 4.79 Å². The highest BCUT2D eigenvalue weighted by atomic mass is 127. The highest BCUT2D eigenvalue weighted by Crippen LogP contribution is 2.25. The molecule has 20 heavy (non-hydrogen) atoms. The molecule has 0 saturated carbocycles. The molecule has 6 heteroatoms. The predicted octanol–water partition coefficient (Wildman–Crippen LogP) is 3.74. The summed E-state index contributed by atoms with van der Waals surface area (Å²) in [7, 11) is 0. The van der Waals surface area contributed by atoms with Gasteiger partial charge in [-0.3, -0.25) is 4.79 Å². The molecule has 0 atom stereocenters. The summed E-state index contributed by atoms with van der Waals surface area (Å²) in [6, 6.07) is 13.0. The molecule has 0 unspecified atom stereocenters. The largest absolute Gasteiger partial charge is 0.375 e. The Kier molecular flexibility index (Phi) is 3.58. The Labute approximate surface area is 133 Å². The maximum Gasteiger partial charge on any atom is 0.255 e. The normalized spacial score (nSPS) is 10.7. The topological polar surface area (TPSA) is 68.0 Å². The number of anilines is 2. The summed E-state index contributed by atoms with van der Waals surface area (Å²) >= 11 is 3.60. The minimum atomic E-state index is -0.139. The molecule has 4 nitrogen and oxygen atoms in total. The number of carbonyl (C=O) groups is 1. The summed E-state index contributed by atoms with van der Waals surface area (Å²) < 4.78 is 2.04. The van der Waals surface area contributed by atoms with Crippen LogP contribution in [0.5, 0.6) is 0 Å². The highest BCUT2D eigenvalue weighted by Gasteiger charge is 2.09. The fourth-order valence-corrected chi connectivity index (χ4v) is 2.95. The maximum atomic E-state index is 12.2. The van der Waals surface area contributed by atoms with Crippen molar-refractivity contribution >= 4 is 60.9 Å². The van der Waals surface area contributed by atoms with Gasteiger partial charge in [0.15, 0.2) is 5.13 Å². The zero-order valence-electron chi connectivity index (χ0n) is 10.3. The fourth-order valence-electron chi connectivity index (χ4n) is 1.82. The van der Waals surface area contributed by atoms with Gasteiger partial charge in [-0.15, -0.1) is 0 Å². The number of carbonyl (C=O) groups excluding carboxylic acids is 1. The molecule has 0 aliphatic carbocycles. The molecule has 0 saturated heterocycles. The third-order valence-corrected chi connectivity index (χ3v) is 4.34. The molecule has 0 aliphatic rings.